The van der Waals surface area contributed by atoms with Gasteiger partial charge < -0.3 is 20.1 Å². The smallest absolute Gasteiger partial charge is 0.410 e. The van der Waals surface area contributed by atoms with Crippen molar-refractivity contribution in [3.05, 3.63) is 45.9 Å². The van der Waals surface area contributed by atoms with Crippen molar-refractivity contribution in [3.8, 4) is 0 Å². The third-order valence-electron chi connectivity index (χ3n) is 4.56. The second-order valence-electron chi connectivity index (χ2n) is 8.23. The van der Waals surface area contributed by atoms with E-state index in [0.29, 0.717) is 31.8 Å². The molecule has 1 amide bonds. The zero-order valence-electron chi connectivity index (χ0n) is 18.3. The van der Waals surface area contributed by atoms with Crippen LogP contribution in [0.4, 0.5) is 14.9 Å². The molecule has 0 aromatic heterocycles. The van der Waals surface area contributed by atoms with Crippen molar-refractivity contribution in [2.24, 2.45) is 10.7 Å². The summed E-state index contributed by atoms with van der Waals surface area (Å²) in [5.74, 6) is -1.01. The highest BCUT2D eigenvalue weighted by Gasteiger charge is 2.26. The predicted molar refractivity (Wildman–Crippen MR) is 115 cm³/mol. The molecule has 0 aliphatic carbocycles. The highest BCUT2D eigenvalue weighted by molar-refractivity contribution is 6.25. The quantitative estimate of drug-likeness (QED) is 0.414. The number of hydrogen-bond acceptors (Lipinski definition) is 7. The minimum Gasteiger partial charge on any atom is -0.444 e. The highest BCUT2D eigenvalue weighted by atomic mass is 19.1. The maximum atomic E-state index is 14.9. The van der Waals surface area contributed by atoms with Crippen molar-refractivity contribution in [2.45, 2.75) is 45.3 Å². The summed E-state index contributed by atoms with van der Waals surface area (Å²) in [7, 11) is 1.53. The molecule has 2 N–H and O–H groups in total. The molecule has 10 heteroatoms. The summed E-state index contributed by atoms with van der Waals surface area (Å²) < 4.78 is 25.6. The number of rotatable bonds is 6. The number of amides is 1. The number of hydrogen-bond donors (Lipinski definition) is 1. The summed E-state index contributed by atoms with van der Waals surface area (Å²) in [6.07, 6.45) is 1.90. The summed E-state index contributed by atoms with van der Waals surface area (Å²) in [6.45, 7) is 6.31. The highest BCUT2D eigenvalue weighted by Crippen LogP contribution is 2.27. The molecule has 1 aliphatic heterocycles. The Morgan fingerprint density at radius 2 is 2.06 bits per heavy atom. The van der Waals surface area contributed by atoms with E-state index < -0.39 is 28.1 Å². The summed E-state index contributed by atoms with van der Waals surface area (Å²) in [5, 5.41) is 11.2. The minimum atomic E-state index is -1.01. The molecule has 1 saturated heterocycles. The molecule has 9 nitrogen and oxygen atoms in total. The molecule has 0 saturated carbocycles. The van der Waals surface area contributed by atoms with E-state index in [9.17, 15) is 19.3 Å². The van der Waals surface area contributed by atoms with E-state index >= 15 is 0 Å². The van der Waals surface area contributed by atoms with Gasteiger partial charge in [-0.1, -0.05) is 12.1 Å². The minimum absolute atomic E-state index is 0.0164. The molecular formula is C21H29FN4O5. The summed E-state index contributed by atoms with van der Waals surface area (Å²) in [5.41, 5.74) is 4.93. The molecule has 31 heavy (non-hydrogen) atoms. The van der Waals surface area contributed by atoms with Crippen LogP contribution in [-0.4, -0.2) is 60.1 Å². The number of aliphatic imine (C=N–C) groups is 1. The zero-order chi connectivity index (χ0) is 23.2. The number of benzene rings is 1. The second kappa shape index (κ2) is 10.3. The lowest BCUT2D eigenvalue weighted by atomic mass is 9.99. The molecule has 1 heterocycles. The summed E-state index contributed by atoms with van der Waals surface area (Å²) in [6, 6.07) is 3.75. The third kappa shape index (κ3) is 6.74. The Morgan fingerprint density at radius 1 is 1.42 bits per heavy atom. The van der Waals surface area contributed by atoms with Gasteiger partial charge in [-0.25, -0.2) is 4.79 Å². The van der Waals surface area contributed by atoms with Crippen LogP contribution in [0.3, 0.4) is 0 Å². The number of nitro benzene ring substituents is 1. The topological polar surface area (TPSA) is 120 Å². The average Bonchev–Trinajstić information content (AvgIpc) is 2.69. The fourth-order valence-electron chi connectivity index (χ4n) is 3.07. The lowest BCUT2D eigenvalue weighted by molar-refractivity contribution is -0.387. The molecule has 170 valence electrons. The van der Waals surface area contributed by atoms with Crippen molar-refractivity contribution in [1.82, 2.24) is 4.90 Å². The van der Waals surface area contributed by atoms with Crippen LogP contribution in [0.5, 0.6) is 0 Å². The standard InChI is InChI=1S/C21H29FN4O5/c1-21(2,3)31-20(27)25(4)13-17(24-14-8-10-30-11-9-14)16(12-23)15-6-5-7-18(19(15)22)26(28)29/h5-7,12,14H,8-11,13,23H2,1-4H3/b16-12-,24-17?. The van der Waals surface area contributed by atoms with Gasteiger partial charge in [-0.2, -0.15) is 4.39 Å². The maximum Gasteiger partial charge on any atom is 0.410 e. The monoisotopic (exact) mass is 436 g/mol. The number of carbonyl (C=O) groups is 1. The Bertz CT molecular complexity index is 873. The maximum absolute atomic E-state index is 14.9. The van der Waals surface area contributed by atoms with Gasteiger partial charge >= 0.3 is 11.8 Å². The SMILES string of the molecule is CN(CC(=NC1CCOCC1)/C(=C\N)c1cccc([N+](=O)[O-])c1F)C(=O)OC(C)(C)C. The number of nitrogens with two attached hydrogens (primary N) is 1. The van der Waals surface area contributed by atoms with Crippen LogP contribution in [0.2, 0.25) is 0 Å². The molecule has 1 aliphatic rings. The van der Waals surface area contributed by atoms with Gasteiger partial charge in [-0.15, -0.1) is 0 Å². The number of ether oxygens (including phenoxy) is 2. The number of nitro groups is 1. The van der Waals surface area contributed by atoms with Gasteiger partial charge in [-0.3, -0.25) is 15.1 Å². The van der Waals surface area contributed by atoms with E-state index in [-0.39, 0.29) is 23.7 Å². The lowest BCUT2D eigenvalue weighted by Crippen LogP contribution is -2.38. The molecule has 1 aromatic carbocycles. The fraction of sp³-hybridized carbons (Fsp3) is 0.524. The van der Waals surface area contributed by atoms with Gasteiger partial charge in [0.1, 0.15) is 5.60 Å². The van der Waals surface area contributed by atoms with E-state index in [1.54, 1.807) is 20.8 Å². The van der Waals surface area contributed by atoms with Gasteiger partial charge in [0, 0.05) is 43.7 Å². The van der Waals surface area contributed by atoms with E-state index in [2.05, 4.69) is 0 Å². The van der Waals surface area contributed by atoms with Crippen molar-refractivity contribution in [2.75, 3.05) is 26.8 Å². The average molecular weight is 436 g/mol. The molecular weight excluding hydrogens is 407 g/mol. The van der Waals surface area contributed by atoms with Crippen LogP contribution in [0.1, 0.15) is 39.2 Å². The van der Waals surface area contributed by atoms with Gasteiger partial charge in [0.15, 0.2) is 0 Å². The first-order chi connectivity index (χ1) is 14.5. The van der Waals surface area contributed by atoms with Crippen molar-refractivity contribution < 1.29 is 23.6 Å². The molecule has 0 atom stereocenters. The lowest BCUT2D eigenvalue weighted by Gasteiger charge is -2.26. The number of nitrogens with zero attached hydrogens (tertiary/aromatic N) is 3. The van der Waals surface area contributed by atoms with Crippen LogP contribution < -0.4 is 5.73 Å². The third-order valence-corrected chi connectivity index (χ3v) is 4.56. The second-order valence-corrected chi connectivity index (χ2v) is 8.23. The largest absolute Gasteiger partial charge is 0.444 e. The summed E-state index contributed by atoms with van der Waals surface area (Å²) >= 11 is 0. The van der Waals surface area contributed by atoms with E-state index in [4.69, 9.17) is 20.2 Å². The van der Waals surface area contributed by atoms with Gasteiger partial charge in [-0.05, 0) is 33.6 Å². The van der Waals surface area contributed by atoms with Crippen LogP contribution in [-0.2, 0) is 9.47 Å². The number of carbonyl (C=O) groups excluding carboxylic acids is 1. The van der Waals surface area contributed by atoms with Gasteiger partial charge in [0.05, 0.1) is 23.2 Å². The normalized spacial score (nSPS) is 16.2. The first-order valence-corrected chi connectivity index (χ1v) is 9.97. The van der Waals surface area contributed by atoms with Crippen LogP contribution in [0, 0.1) is 15.9 Å². The first kappa shape index (κ1) is 24.3. The van der Waals surface area contributed by atoms with Gasteiger partial charge in [0.25, 0.3) is 0 Å². The first-order valence-electron chi connectivity index (χ1n) is 9.97. The zero-order valence-corrected chi connectivity index (χ0v) is 18.3. The molecule has 0 bridgehead atoms. The van der Waals surface area contributed by atoms with Crippen LogP contribution in [0.15, 0.2) is 29.4 Å². The van der Waals surface area contributed by atoms with E-state index in [1.807, 2.05) is 0 Å². The molecule has 0 radical (unpaired) electrons. The Morgan fingerprint density at radius 3 is 2.61 bits per heavy atom. The molecule has 0 spiro atoms. The predicted octanol–water partition coefficient (Wildman–Crippen LogP) is 3.52. The molecule has 1 fully saturated rings. The Kier molecular flexibility index (Phi) is 8.09. The fourth-order valence-corrected chi connectivity index (χ4v) is 3.07. The van der Waals surface area contributed by atoms with Crippen LogP contribution >= 0.6 is 0 Å². The molecule has 2 rings (SSSR count). The molecule has 0 unspecified atom stereocenters. The summed E-state index contributed by atoms with van der Waals surface area (Å²) in [4.78, 5) is 28.9. The van der Waals surface area contributed by atoms with Crippen molar-refractivity contribution in [1.29, 1.82) is 0 Å². The van der Waals surface area contributed by atoms with Crippen LogP contribution in [0.25, 0.3) is 5.57 Å². The van der Waals surface area contributed by atoms with Crippen molar-refractivity contribution in [3.63, 3.8) is 0 Å². The van der Waals surface area contributed by atoms with Crippen molar-refractivity contribution >= 4 is 23.1 Å². The Balaban J connectivity index is 2.44. The molecule has 1 aromatic rings. The Hall–Kier alpha value is -3.01. The van der Waals surface area contributed by atoms with Gasteiger partial charge in [0.2, 0.25) is 5.82 Å². The van der Waals surface area contributed by atoms with E-state index in [1.165, 1.54) is 24.1 Å². The number of halogens is 1. The van der Waals surface area contributed by atoms with E-state index in [0.717, 1.165) is 12.3 Å². The Labute approximate surface area is 180 Å².